The highest BCUT2D eigenvalue weighted by atomic mass is 79.9. The number of hydrogen-bond donors (Lipinski definition) is 2. The molecule has 0 aliphatic carbocycles. The predicted molar refractivity (Wildman–Crippen MR) is 96.3 cm³/mol. The normalized spacial score (nSPS) is 14.1. The second-order valence-electron chi connectivity index (χ2n) is 6.25. The molecule has 134 valence electrons. The van der Waals surface area contributed by atoms with E-state index in [0.717, 1.165) is 4.47 Å². The fraction of sp³-hybridized carbons (Fsp3) is 0.500. The molecule has 0 aliphatic heterocycles. The molecule has 0 saturated carbocycles. The van der Waals surface area contributed by atoms with Crippen molar-refractivity contribution in [2.75, 3.05) is 7.11 Å². The van der Waals surface area contributed by atoms with Crippen molar-refractivity contribution < 1.29 is 24.0 Å². The first-order valence-electron chi connectivity index (χ1n) is 7.29. The van der Waals surface area contributed by atoms with Crippen molar-refractivity contribution in [3.05, 3.63) is 28.2 Å². The Morgan fingerprint density at radius 2 is 2.04 bits per heavy atom. The molecule has 0 aliphatic rings. The number of rotatable bonds is 8. The zero-order valence-corrected chi connectivity index (χ0v) is 16.5. The third-order valence-corrected chi connectivity index (χ3v) is 5.26. The number of methoxy groups -OCH3 is 1. The summed E-state index contributed by atoms with van der Waals surface area (Å²) in [4.78, 5) is 22.7. The molecular formula is C16H22BrNO5S. The van der Waals surface area contributed by atoms with Gasteiger partial charge in [0.05, 0.1) is 13.2 Å². The number of carbonyl (C=O) groups excluding carboxylic acids is 1. The van der Waals surface area contributed by atoms with Crippen LogP contribution in [0.4, 0.5) is 0 Å². The zero-order valence-electron chi connectivity index (χ0n) is 14.1. The minimum Gasteiger partial charge on any atom is -0.598 e. The van der Waals surface area contributed by atoms with E-state index in [1.54, 1.807) is 18.2 Å². The molecule has 0 amide bonds. The van der Waals surface area contributed by atoms with Crippen LogP contribution in [0.15, 0.2) is 22.7 Å². The van der Waals surface area contributed by atoms with Gasteiger partial charge in [-0.2, -0.15) is 0 Å². The molecule has 1 aromatic carbocycles. The van der Waals surface area contributed by atoms with Crippen LogP contribution >= 0.6 is 15.9 Å². The maximum Gasteiger partial charge on any atom is 0.310 e. The van der Waals surface area contributed by atoms with Crippen LogP contribution in [-0.4, -0.2) is 33.3 Å². The lowest BCUT2D eigenvalue weighted by atomic mass is 10.00. The molecule has 2 N–H and O–H groups in total. The van der Waals surface area contributed by atoms with E-state index in [2.05, 4.69) is 20.7 Å². The second-order valence-corrected chi connectivity index (χ2v) is 9.16. The first-order valence-corrected chi connectivity index (χ1v) is 9.24. The number of ether oxygens (including phenoxy) is 1. The van der Waals surface area contributed by atoms with E-state index < -0.39 is 40.3 Å². The molecule has 0 fully saturated rings. The number of Topliss-reactive ketones (excluding diaryl/α,β-unsaturated/α-hetero) is 1. The zero-order chi connectivity index (χ0) is 18.5. The highest BCUT2D eigenvalue weighted by molar-refractivity contribution is 9.10. The third kappa shape index (κ3) is 6.43. The number of ketones is 1. The van der Waals surface area contributed by atoms with Crippen LogP contribution in [0.3, 0.4) is 0 Å². The Hall–Kier alpha value is -1.09. The van der Waals surface area contributed by atoms with Crippen LogP contribution in [-0.2, 0) is 21.0 Å². The van der Waals surface area contributed by atoms with Crippen LogP contribution < -0.4 is 9.46 Å². The average Bonchev–Trinajstić information content (AvgIpc) is 2.44. The van der Waals surface area contributed by atoms with Gasteiger partial charge in [0.15, 0.2) is 0 Å². The summed E-state index contributed by atoms with van der Waals surface area (Å²) in [6.07, 6.45) is -0.661. The largest absolute Gasteiger partial charge is 0.598 e. The Labute approximate surface area is 153 Å². The van der Waals surface area contributed by atoms with Gasteiger partial charge in [0, 0.05) is 27.8 Å². The standard InChI is InChI=1S/C16H22BrNO5S/c1-16(2,3)24(22)18-13(8-11(19)9-15(20)21)12-6-5-10(17)7-14(12)23-4/h5-7,13,18H,8-9H2,1-4H3,(H,20,21)/t13?,24-/m1/s1. The van der Waals surface area contributed by atoms with Crippen LogP contribution in [0.2, 0.25) is 0 Å². The molecule has 1 rings (SSSR count). The quantitative estimate of drug-likeness (QED) is 0.496. The summed E-state index contributed by atoms with van der Waals surface area (Å²) in [7, 11) is 1.50. The number of nitrogens with one attached hydrogen (secondary N) is 1. The molecule has 8 heteroatoms. The Morgan fingerprint density at radius 3 is 2.54 bits per heavy atom. The van der Waals surface area contributed by atoms with Gasteiger partial charge in [-0.05, 0) is 32.9 Å². The van der Waals surface area contributed by atoms with Gasteiger partial charge in [-0.15, -0.1) is 4.72 Å². The Bertz CT molecular complexity index is 603. The Kier molecular flexibility index (Phi) is 7.72. The molecule has 1 aromatic rings. The third-order valence-electron chi connectivity index (χ3n) is 3.16. The molecule has 0 spiro atoms. The van der Waals surface area contributed by atoms with Gasteiger partial charge >= 0.3 is 5.97 Å². The summed E-state index contributed by atoms with van der Waals surface area (Å²) in [6.45, 7) is 5.43. The van der Waals surface area contributed by atoms with Gasteiger partial charge in [0.1, 0.15) is 22.7 Å². The maximum atomic E-state index is 12.4. The first kappa shape index (κ1) is 21.0. The van der Waals surface area contributed by atoms with Crippen LogP contribution in [0.5, 0.6) is 5.75 Å². The molecule has 24 heavy (non-hydrogen) atoms. The lowest BCUT2D eigenvalue weighted by Gasteiger charge is -2.28. The molecular weight excluding hydrogens is 398 g/mol. The minimum atomic E-state index is -1.43. The fourth-order valence-corrected chi connectivity index (χ4v) is 3.12. The van der Waals surface area contributed by atoms with E-state index in [-0.39, 0.29) is 6.42 Å². The van der Waals surface area contributed by atoms with Crippen molar-refractivity contribution in [1.29, 1.82) is 0 Å². The van der Waals surface area contributed by atoms with Gasteiger partial charge in [-0.1, -0.05) is 22.0 Å². The van der Waals surface area contributed by atoms with Gasteiger partial charge in [0.25, 0.3) is 0 Å². The number of halogens is 1. The molecule has 0 radical (unpaired) electrons. The highest BCUT2D eigenvalue weighted by Gasteiger charge is 2.32. The molecule has 2 atom stereocenters. The number of carbonyl (C=O) groups is 2. The summed E-state index contributed by atoms with van der Waals surface area (Å²) < 4.78 is 21.0. The number of aliphatic carboxylic acids is 1. The van der Waals surface area contributed by atoms with Crippen molar-refractivity contribution in [3.63, 3.8) is 0 Å². The maximum absolute atomic E-state index is 12.4. The number of benzene rings is 1. The number of carboxylic acid groups (broad SMARTS) is 1. The number of carboxylic acids is 1. The van der Waals surface area contributed by atoms with E-state index in [1.165, 1.54) is 7.11 Å². The first-order chi connectivity index (χ1) is 11.0. The minimum absolute atomic E-state index is 0.0912. The van der Waals surface area contributed by atoms with Crippen molar-refractivity contribution in [1.82, 2.24) is 4.72 Å². The number of hydrogen-bond acceptors (Lipinski definition) is 5. The summed E-state index contributed by atoms with van der Waals surface area (Å²) in [6, 6.07) is 4.67. The SMILES string of the molecule is COc1cc(Br)ccc1C(CC(=O)CC(=O)O)N[S@+]([O-])C(C)(C)C. The van der Waals surface area contributed by atoms with Crippen molar-refractivity contribution in [2.45, 2.75) is 44.4 Å². The topological polar surface area (TPSA) is 98.7 Å². The Morgan fingerprint density at radius 1 is 1.42 bits per heavy atom. The Balaban J connectivity index is 3.13. The van der Waals surface area contributed by atoms with E-state index >= 15 is 0 Å². The lowest BCUT2D eigenvalue weighted by Crippen LogP contribution is -2.42. The van der Waals surface area contributed by atoms with Gasteiger partial charge in [-0.25, -0.2) is 0 Å². The van der Waals surface area contributed by atoms with E-state index in [9.17, 15) is 14.1 Å². The highest BCUT2D eigenvalue weighted by Crippen LogP contribution is 2.32. The smallest absolute Gasteiger partial charge is 0.310 e. The van der Waals surface area contributed by atoms with Crippen molar-refractivity contribution >= 4 is 39.0 Å². The van der Waals surface area contributed by atoms with Crippen molar-refractivity contribution in [2.24, 2.45) is 0 Å². The van der Waals surface area contributed by atoms with E-state index in [4.69, 9.17) is 9.84 Å². The summed E-state index contributed by atoms with van der Waals surface area (Å²) >= 11 is 1.92. The fourth-order valence-electron chi connectivity index (χ4n) is 1.96. The van der Waals surface area contributed by atoms with Crippen LogP contribution in [0.25, 0.3) is 0 Å². The summed E-state index contributed by atoms with van der Waals surface area (Å²) in [5, 5.41) is 8.78. The molecule has 0 saturated heterocycles. The van der Waals surface area contributed by atoms with Gasteiger partial charge < -0.3 is 14.4 Å². The molecule has 0 heterocycles. The van der Waals surface area contributed by atoms with Crippen molar-refractivity contribution in [3.8, 4) is 5.75 Å². The van der Waals surface area contributed by atoms with Crippen LogP contribution in [0.1, 0.15) is 45.2 Å². The van der Waals surface area contributed by atoms with Crippen LogP contribution in [0, 0.1) is 0 Å². The van der Waals surface area contributed by atoms with E-state index in [1.807, 2.05) is 20.8 Å². The predicted octanol–water partition coefficient (Wildman–Crippen LogP) is 2.98. The molecule has 0 aromatic heterocycles. The summed E-state index contributed by atoms with van der Waals surface area (Å²) in [5.41, 5.74) is 0.650. The molecule has 6 nitrogen and oxygen atoms in total. The van der Waals surface area contributed by atoms with Gasteiger partial charge in [0.2, 0.25) is 0 Å². The lowest BCUT2D eigenvalue weighted by molar-refractivity contribution is -0.140. The molecule has 0 bridgehead atoms. The second kappa shape index (κ2) is 8.84. The van der Waals surface area contributed by atoms with Gasteiger partial charge in [-0.3, -0.25) is 9.59 Å². The van der Waals surface area contributed by atoms with E-state index in [0.29, 0.717) is 11.3 Å². The average molecular weight is 420 g/mol. The monoisotopic (exact) mass is 419 g/mol. The summed E-state index contributed by atoms with van der Waals surface area (Å²) in [5.74, 6) is -1.11. The molecule has 1 unspecified atom stereocenters.